The van der Waals surface area contributed by atoms with Crippen molar-refractivity contribution in [3.05, 3.63) is 53.8 Å². The van der Waals surface area contributed by atoms with Gasteiger partial charge in [-0.1, -0.05) is 11.3 Å². The number of benzene rings is 2. The summed E-state index contributed by atoms with van der Waals surface area (Å²) in [4.78, 5) is 23.8. The second-order valence-corrected chi connectivity index (χ2v) is 5.24. The van der Waals surface area contributed by atoms with Crippen LogP contribution in [0, 0.1) is 5.82 Å². The first-order valence-electron chi connectivity index (χ1n) is 7.62. The van der Waals surface area contributed by atoms with Crippen molar-refractivity contribution in [1.82, 2.24) is 15.0 Å². The van der Waals surface area contributed by atoms with Gasteiger partial charge < -0.3 is 10.1 Å². The Morgan fingerprint density at radius 1 is 1.24 bits per heavy atom. The molecule has 0 atom stereocenters. The van der Waals surface area contributed by atoms with Gasteiger partial charge in [0.2, 0.25) is 0 Å². The van der Waals surface area contributed by atoms with Crippen LogP contribution in [0.1, 0.15) is 17.3 Å². The van der Waals surface area contributed by atoms with Gasteiger partial charge in [-0.15, -0.1) is 5.10 Å². The number of hydrogen-bond donors (Lipinski definition) is 1. The van der Waals surface area contributed by atoms with E-state index in [1.54, 1.807) is 22.9 Å². The standard InChI is InChI=1S/C17H15FN4O3/c1-2-22-15-7-6-11(8-14(15)20-21-22)17(24)25-10-16(23)19-13-5-3-4-12(18)9-13/h3-9H,2,10H2,1H3,(H,19,23). The Hall–Kier alpha value is -3.29. The van der Waals surface area contributed by atoms with Gasteiger partial charge >= 0.3 is 5.97 Å². The number of anilines is 1. The normalized spacial score (nSPS) is 10.6. The van der Waals surface area contributed by atoms with Gasteiger partial charge in [0.25, 0.3) is 5.91 Å². The Labute approximate surface area is 142 Å². The molecule has 2 aromatic carbocycles. The van der Waals surface area contributed by atoms with Crippen molar-refractivity contribution < 1.29 is 18.7 Å². The largest absolute Gasteiger partial charge is 0.452 e. The van der Waals surface area contributed by atoms with Crippen LogP contribution < -0.4 is 5.32 Å². The van der Waals surface area contributed by atoms with Crippen molar-refractivity contribution in [1.29, 1.82) is 0 Å². The van der Waals surface area contributed by atoms with Crippen molar-refractivity contribution in [2.45, 2.75) is 13.5 Å². The molecule has 8 heteroatoms. The van der Waals surface area contributed by atoms with E-state index in [4.69, 9.17) is 4.74 Å². The molecule has 0 aliphatic heterocycles. The average Bonchev–Trinajstić information content (AvgIpc) is 3.02. The second-order valence-electron chi connectivity index (χ2n) is 5.24. The molecule has 128 valence electrons. The summed E-state index contributed by atoms with van der Waals surface area (Å²) in [6.45, 7) is 2.13. The minimum atomic E-state index is -0.651. The molecule has 0 radical (unpaired) electrons. The number of aryl methyl sites for hydroxylation is 1. The monoisotopic (exact) mass is 342 g/mol. The van der Waals surface area contributed by atoms with Gasteiger partial charge in [0.1, 0.15) is 11.3 Å². The summed E-state index contributed by atoms with van der Waals surface area (Å²) in [6, 6.07) is 10.3. The highest BCUT2D eigenvalue weighted by atomic mass is 19.1. The van der Waals surface area contributed by atoms with E-state index in [9.17, 15) is 14.0 Å². The van der Waals surface area contributed by atoms with Crippen LogP contribution in [0.5, 0.6) is 0 Å². The van der Waals surface area contributed by atoms with Crippen molar-refractivity contribution in [3.63, 3.8) is 0 Å². The lowest BCUT2D eigenvalue weighted by Crippen LogP contribution is -2.21. The van der Waals surface area contributed by atoms with E-state index >= 15 is 0 Å². The fraction of sp³-hybridized carbons (Fsp3) is 0.176. The highest BCUT2D eigenvalue weighted by Gasteiger charge is 2.13. The van der Waals surface area contributed by atoms with Gasteiger partial charge in [-0.2, -0.15) is 0 Å². The Morgan fingerprint density at radius 2 is 2.08 bits per heavy atom. The molecule has 0 spiro atoms. The number of rotatable bonds is 5. The molecular formula is C17H15FN4O3. The molecule has 7 nitrogen and oxygen atoms in total. The number of hydrogen-bond acceptors (Lipinski definition) is 5. The Kier molecular flexibility index (Phi) is 4.69. The number of esters is 1. The summed E-state index contributed by atoms with van der Waals surface area (Å²) in [7, 11) is 0. The van der Waals surface area contributed by atoms with E-state index in [2.05, 4.69) is 15.6 Å². The zero-order valence-corrected chi connectivity index (χ0v) is 13.4. The predicted molar refractivity (Wildman–Crippen MR) is 88.5 cm³/mol. The molecule has 3 rings (SSSR count). The highest BCUT2D eigenvalue weighted by Crippen LogP contribution is 2.14. The molecule has 0 aliphatic rings. The molecule has 0 aliphatic carbocycles. The number of nitrogens with zero attached hydrogens (tertiary/aromatic N) is 3. The van der Waals surface area contributed by atoms with E-state index in [0.29, 0.717) is 17.7 Å². The number of halogens is 1. The third-order valence-corrected chi connectivity index (χ3v) is 3.49. The lowest BCUT2D eigenvalue weighted by Gasteiger charge is -2.07. The van der Waals surface area contributed by atoms with Crippen molar-refractivity contribution in [3.8, 4) is 0 Å². The Bertz CT molecular complexity index is 939. The van der Waals surface area contributed by atoms with Gasteiger partial charge in [0, 0.05) is 12.2 Å². The first kappa shape index (κ1) is 16.6. The maximum Gasteiger partial charge on any atom is 0.338 e. The number of amides is 1. The minimum Gasteiger partial charge on any atom is -0.452 e. The fourth-order valence-electron chi connectivity index (χ4n) is 2.31. The Balaban J connectivity index is 1.61. The topological polar surface area (TPSA) is 86.1 Å². The number of nitrogens with one attached hydrogen (secondary N) is 1. The quantitative estimate of drug-likeness (QED) is 0.720. The molecular weight excluding hydrogens is 327 g/mol. The molecule has 0 bridgehead atoms. The molecule has 0 saturated carbocycles. The summed E-state index contributed by atoms with van der Waals surface area (Å²) >= 11 is 0. The maximum absolute atomic E-state index is 13.1. The number of ether oxygens (including phenoxy) is 1. The van der Waals surface area contributed by atoms with Crippen molar-refractivity contribution in [2.75, 3.05) is 11.9 Å². The summed E-state index contributed by atoms with van der Waals surface area (Å²) < 4.78 is 19.7. The molecule has 25 heavy (non-hydrogen) atoms. The number of carbonyl (C=O) groups excluding carboxylic acids is 2. The van der Waals surface area contributed by atoms with E-state index < -0.39 is 24.3 Å². The summed E-state index contributed by atoms with van der Waals surface area (Å²) in [5.41, 5.74) is 1.94. The van der Waals surface area contributed by atoms with Crippen LogP contribution in [0.3, 0.4) is 0 Å². The zero-order chi connectivity index (χ0) is 17.8. The molecule has 1 amide bonds. The molecule has 3 aromatic rings. The summed E-state index contributed by atoms with van der Waals surface area (Å²) in [5.74, 6) is -1.68. The summed E-state index contributed by atoms with van der Waals surface area (Å²) in [6.07, 6.45) is 0. The van der Waals surface area contributed by atoms with Crippen LogP contribution in [0.2, 0.25) is 0 Å². The number of fused-ring (bicyclic) bond motifs is 1. The van der Waals surface area contributed by atoms with Crippen LogP contribution in [0.4, 0.5) is 10.1 Å². The molecule has 0 unspecified atom stereocenters. The number of carbonyl (C=O) groups is 2. The van der Waals surface area contributed by atoms with Gasteiger partial charge in [-0.25, -0.2) is 13.9 Å². The van der Waals surface area contributed by atoms with Crippen molar-refractivity contribution in [2.24, 2.45) is 0 Å². The minimum absolute atomic E-state index is 0.272. The van der Waals surface area contributed by atoms with Crippen molar-refractivity contribution >= 4 is 28.6 Å². The third kappa shape index (κ3) is 3.79. The molecule has 1 aromatic heterocycles. The van der Waals surface area contributed by atoms with Crippen LogP contribution in [0.15, 0.2) is 42.5 Å². The van der Waals surface area contributed by atoms with Crippen LogP contribution in [-0.4, -0.2) is 33.5 Å². The van der Waals surface area contributed by atoms with E-state index in [1.165, 1.54) is 24.3 Å². The molecule has 0 saturated heterocycles. The smallest absolute Gasteiger partial charge is 0.338 e. The maximum atomic E-state index is 13.1. The van der Waals surface area contributed by atoms with Gasteiger partial charge in [0.05, 0.1) is 11.1 Å². The van der Waals surface area contributed by atoms with E-state index in [-0.39, 0.29) is 5.56 Å². The van der Waals surface area contributed by atoms with Gasteiger partial charge in [0.15, 0.2) is 6.61 Å². The lowest BCUT2D eigenvalue weighted by molar-refractivity contribution is -0.119. The Morgan fingerprint density at radius 3 is 2.84 bits per heavy atom. The van der Waals surface area contributed by atoms with Crippen LogP contribution in [0.25, 0.3) is 11.0 Å². The van der Waals surface area contributed by atoms with Gasteiger partial charge in [-0.05, 0) is 43.3 Å². The second kappa shape index (κ2) is 7.08. The fourth-order valence-corrected chi connectivity index (χ4v) is 2.31. The third-order valence-electron chi connectivity index (χ3n) is 3.49. The molecule has 1 N–H and O–H groups in total. The SMILES string of the molecule is CCn1nnc2cc(C(=O)OCC(=O)Nc3cccc(F)c3)ccc21. The number of aromatic nitrogens is 3. The average molecular weight is 342 g/mol. The van der Waals surface area contributed by atoms with Crippen LogP contribution in [-0.2, 0) is 16.1 Å². The van der Waals surface area contributed by atoms with Gasteiger partial charge in [-0.3, -0.25) is 4.79 Å². The highest BCUT2D eigenvalue weighted by molar-refractivity contribution is 5.97. The van der Waals surface area contributed by atoms with E-state index in [0.717, 1.165) is 5.52 Å². The van der Waals surface area contributed by atoms with E-state index in [1.807, 2.05) is 6.92 Å². The predicted octanol–water partition coefficient (Wildman–Crippen LogP) is 2.39. The lowest BCUT2D eigenvalue weighted by atomic mass is 10.2. The molecule has 0 fully saturated rings. The summed E-state index contributed by atoms with van der Waals surface area (Å²) in [5, 5.41) is 10.4. The first-order chi connectivity index (χ1) is 12.1. The first-order valence-corrected chi connectivity index (χ1v) is 7.62. The van der Waals surface area contributed by atoms with Crippen LogP contribution >= 0.6 is 0 Å². The zero-order valence-electron chi connectivity index (χ0n) is 13.4. The molecule has 1 heterocycles.